The first-order valence-electron chi connectivity index (χ1n) is 7.65. The van der Waals surface area contributed by atoms with Crippen molar-refractivity contribution in [1.82, 2.24) is 5.32 Å². The zero-order valence-corrected chi connectivity index (χ0v) is 12.4. The van der Waals surface area contributed by atoms with Crippen LogP contribution in [-0.4, -0.2) is 6.54 Å². The zero-order chi connectivity index (χ0) is 13.8. The van der Waals surface area contributed by atoms with Crippen LogP contribution in [0.4, 0.5) is 4.39 Å². The van der Waals surface area contributed by atoms with Gasteiger partial charge in [0.15, 0.2) is 0 Å². The van der Waals surface area contributed by atoms with Crippen molar-refractivity contribution in [2.75, 3.05) is 6.54 Å². The molecule has 0 aromatic heterocycles. The lowest BCUT2D eigenvalue weighted by molar-refractivity contribution is 0.357. The number of aryl methyl sites for hydroxylation is 1. The van der Waals surface area contributed by atoms with Gasteiger partial charge in [0.1, 0.15) is 5.82 Å². The van der Waals surface area contributed by atoms with Gasteiger partial charge in [-0.1, -0.05) is 32.8 Å². The molecule has 0 bridgehead atoms. The molecule has 0 radical (unpaired) electrons. The highest BCUT2D eigenvalue weighted by Crippen LogP contribution is 2.41. The van der Waals surface area contributed by atoms with E-state index in [1.54, 1.807) is 12.1 Å². The first-order valence-corrected chi connectivity index (χ1v) is 7.65. The molecule has 0 spiro atoms. The number of nitrogens with one attached hydrogen (secondary N) is 1. The van der Waals surface area contributed by atoms with E-state index in [9.17, 15) is 4.39 Å². The summed E-state index contributed by atoms with van der Waals surface area (Å²) in [6.07, 6.45) is 5.16. The Morgan fingerprint density at radius 1 is 1.32 bits per heavy atom. The monoisotopic (exact) mass is 263 g/mol. The molecule has 1 aromatic carbocycles. The Kier molecular flexibility index (Phi) is 4.98. The molecule has 0 aliphatic heterocycles. The Bertz CT molecular complexity index is 416. The number of hydrogen-bond acceptors (Lipinski definition) is 1. The van der Waals surface area contributed by atoms with E-state index in [0.29, 0.717) is 12.0 Å². The lowest BCUT2D eigenvalue weighted by Crippen LogP contribution is -2.28. The van der Waals surface area contributed by atoms with Gasteiger partial charge in [-0.3, -0.25) is 0 Å². The fourth-order valence-electron chi connectivity index (χ4n) is 3.48. The van der Waals surface area contributed by atoms with Gasteiger partial charge in [-0.05, 0) is 61.4 Å². The van der Waals surface area contributed by atoms with Crippen LogP contribution in [0.15, 0.2) is 18.2 Å². The third-order valence-corrected chi connectivity index (χ3v) is 4.63. The Hall–Kier alpha value is -0.890. The van der Waals surface area contributed by atoms with E-state index in [1.807, 2.05) is 6.07 Å². The van der Waals surface area contributed by atoms with Gasteiger partial charge < -0.3 is 5.32 Å². The molecule has 0 amide bonds. The van der Waals surface area contributed by atoms with Gasteiger partial charge in [-0.25, -0.2) is 4.39 Å². The average molecular weight is 263 g/mol. The third kappa shape index (κ3) is 3.36. The third-order valence-electron chi connectivity index (χ3n) is 4.63. The highest BCUT2D eigenvalue weighted by atomic mass is 19.1. The summed E-state index contributed by atoms with van der Waals surface area (Å²) in [6, 6.07) is 5.51. The summed E-state index contributed by atoms with van der Waals surface area (Å²) in [5.41, 5.74) is 2.36. The molecule has 3 atom stereocenters. The van der Waals surface area contributed by atoms with Gasteiger partial charge in [-0.15, -0.1) is 0 Å². The second kappa shape index (κ2) is 6.51. The van der Waals surface area contributed by atoms with Crippen LogP contribution < -0.4 is 5.32 Å². The van der Waals surface area contributed by atoms with Crippen LogP contribution >= 0.6 is 0 Å². The quantitative estimate of drug-likeness (QED) is 0.818. The number of hydrogen-bond donors (Lipinski definition) is 1. The smallest absolute Gasteiger partial charge is 0.123 e. The predicted octanol–water partition coefficient (Wildman–Crippen LogP) is 4.61. The fraction of sp³-hybridized carbons (Fsp3) is 0.647. The molecule has 2 heteroatoms. The molecule has 1 aromatic rings. The maximum atomic E-state index is 13.5. The normalized spacial score (nSPS) is 24.6. The second-order valence-corrected chi connectivity index (χ2v) is 5.88. The summed E-state index contributed by atoms with van der Waals surface area (Å²) in [4.78, 5) is 0. The van der Waals surface area contributed by atoms with Crippen molar-refractivity contribution in [3.63, 3.8) is 0 Å². The van der Waals surface area contributed by atoms with Crippen molar-refractivity contribution >= 4 is 0 Å². The number of rotatable bonds is 5. The highest BCUT2D eigenvalue weighted by molar-refractivity contribution is 5.30. The van der Waals surface area contributed by atoms with Crippen molar-refractivity contribution in [1.29, 1.82) is 0 Å². The SMILES string of the molecule is CCNC(c1cc(F)ccc1C)C1CCC(CC)C1. The summed E-state index contributed by atoms with van der Waals surface area (Å²) >= 11 is 0. The lowest BCUT2D eigenvalue weighted by Gasteiger charge is -2.26. The lowest BCUT2D eigenvalue weighted by atomic mass is 9.88. The van der Waals surface area contributed by atoms with Crippen LogP contribution in [0.5, 0.6) is 0 Å². The van der Waals surface area contributed by atoms with Crippen molar-refractivity contribution in [2.24, 2.45) is 11.8 Å². The van der Waals surface area contributed by atoms with E-state index in [2.05, 4.69) is 26.1 Å². The minimum absolute atomic E-state index is 0.117. The van der Waals surface area contributed by atoms with Crippen LogP contribution in [0, 0.1) is 24.6 Å². The Labute approximate surface area is 116 Å². The van der Waals surface area contributed by atoms with E-state index < -0.39 is 0 Å². The van der Waals surface area contributed by atoms with E-state index in [1.165, 1.54) is 31.2 Å². The van der Waals surface area contributed by atoms with Gasteiger partial charge in [0, 0.05) is 6.04 Å². The summed E-state index contributed by atoms with van der Waals surface area (Å²) in [5.74, 6) is 1.40. The van der Waals surface area contributed by atoms with E-state index in [0.717, 1.165) is 18.0 Å². The van der Waals surface area contributed by atoms with Crippen LogP contribution in [0.25, 0.3) is 0 Å². The topological polar surface area (TPSA) is 12.0 Å². The van der Waals surface area contributed by atoms with Crippen molar-refractivity contribution < 1.29 is 4.39 Å². The largest absolute Gasteiger partial charge is 0.310 e. The van der Waals surface area contributed by atoms with E-state index >= 15 is 0 Å². The minimum Gasteiger partial charge on any atom is -0.310 e. The molecule has 1 saturated carbocycles. The van der Waals surface area contributed by atoms with E-state index in [4.69, 9.17) is 0 Å². The van der Waals surface area contributed by atoms with Crippen LogP contribution in [0.3, 0.4) is 0 Å². The standard InChI is InChI=1S/C17H26FN/c1-4-13-7-8-14(10-13)17(19-5-2)16-11-15(18)9-6-12(16)3/h6,9,11,13-14,17,19H,4-5,7-8,10H2,1-3H3. The summed E-state index contributed by atoms with van der Waals surface area (Å²) in [6.45, 7) is 7.44. The highest BCUT2D eigenvalue weighted by Gasteiger charge is 2.31. The molecule has 1 N–H and O–H groups in total. The molecule has 1 fully saturated rings. The first kappa shape index (κ1) is 14.5. The summed E-state index contributed by atoms with van der Waals surface area (Å²) in [7, 11) is 0. The van der Waals surface area contributed by atoms with Crippen LogP contribution in [0.2, 0.25) is 0 Å². The zero-order valence-electron chi connectivity index (χ0n) is 12.4. The molecule has 1 aliphatic carbocycles. The van der Waals surface area contributed by atoms with Gasteiger partial charge in [0.2, 0.25) is 0 Å². The second-order valence-electron chi connectivity index (χ2n) is 5.88. The number of benzene rings is 1. The molecule has 3 unspecified atom stereocenters. The Morgan fingerprint density at radius 3 is 2.74 bits per heavy atom. The van der Waals surface area contributed by atoms with Gasteiger partial charge in [0.25, 0.3) is 0 Å². The average Bonchev–Trinajstić information content (AvgIpc) is 2.88. The fourth-order valence-corrected chi connectivity index (χ4v) is 3.48. The van der Waals surface area contributed by atoms with Crippen LogP contribution in [0.1, 0.15) is 56.7 Å². The molecule has 1 aliphatic rings. The van der Waals surface area contributed by atoms with Crippen molar-refractivity contribution in [3.8, 4) is 0 Å². The molecular weight excluding hydrogens is 237 g/mol. The molecule has 19 heavy (non-hydrogen) atoms. The minimum atomic E-state index is -0.117. The van der Waals surface area contributed by atoms with Crippen molar-refractivity contribution in [3.05, 3.63) is 35.1 Å². The maximum absolute atomic E-state index is 13.5. The van der Waals surface area contributed by atoms with Gasteiger partial charge in [-0.2, -0.15) is 0 Å². The first-order chi connectivity index (χ1) is 9.15. The number of halogens is 1. The molecule has 106 valence electrons. The molecular formula is C17H26FN. The van der Waals surface area contributed by atoms with Gasteiger partial charge >= 0.3 is 0 Å². The summed E-state index contributed by atoms with van der Waals surface area (Å²) in [5, 5.41) is 3.59. The molecule has 0 saturated heterocycles. The van der Waals surface area contributed by atoms with Crippen LogP contribution in [-0.2, 0) is 0 Å². The molecule has 1 nitrogen and oxygen atoms in total. The molecule has 0 heterocycles. The van der Waals surface area contributed by atoms with Crippen molar-refractivity contribution in [2.45, 2.75) is 52.5 Å². The summed E-state index contributed by atoms with van der Waals surface area (Å²) < 4.78 is 13.5. The predicted molar refractivity (Wildman–Crippen MR) is 78.7 cm³/mol. The maximum Gasteiger partial charge on any atom is 0.123 e. The van der Waals surface area contributed by atoms with Gasteiger partial charge in [0.05, 0.1) is 0 Å². The van der Waals surface area contributed by atoms with E-state index in [-0.39, 0.29) is 5.82 Å². The molecule has 2 rings (SSSR count). The Balaban J connectivity index is 2.22. The Morgan fingerprint density at radius 2 is 2.11 bits per heavy atom.